The van der Waals surface area contributed by atoms with Crippen LogP contribution < -0.4 is 16.0 Å². The standard InChI is InChI=1S/C13H22N6/c1-2-13(5-6-13)9-15-11-16-10(14)17-12(18-11)19-7-3-4-8-19/h2-9H2,1H3,(H3,14,15,16,17,18). The van der Waals surface area contributed by atoms with Crippen molar-refractivity contribution in [2.45, 2.75) is 39.0 Å². The van der Waals surface area contributed by atoms with Crippen molar-refractivity contribution in [3.8, 4) is 0 Å². The maximum Gasteiger partial charge on any atom is 0.231 e. The van der Waals surface area contributed by atoms with Crippen molar-refractivity contribution in [3.63, 3.8) is 0 Å². The first-order valence-corrected chi connectivity index (χ1v) is 7.21. The van der Waals surface area contributed by atoms with Gasteiger partial charge in [-0.05, 0) is 37.5 Å². The molecule has 3 N–H and O–H groups in total. The highest BCUT2D eigenvalue weighted by molar-refractivity contribution is 5.42. The first-order chi connectivity index (χ1) is 9.21. The van der Waals surface area contributed by atoms with Gasteiger partial charge < -0.3 is 16.0 Å². The van der Waals surface area contributed by atoms with Gasteiger partial charge in [-0.3, -0.25) is 0 Å². The zero-order chi connectivity index (χ0) is 13.3. The van der Waals surface area contributed by atoms with Gasteiger partial charge in [-0.1, -0.05) is 6.92 Å². The SMILES string of the molecule is CCC1(CNc2nc(N)nc(N3CCCC3)n2)CC1. The van der Waals surface area contributed by atoms with E-state index in [4.69, 9.17) is 5.73 Å². The number of nitrogens with two attached hydrogens (primary N) is 1. The van der Waals surface area contributed by atoms with Crippen molar-refractivity contribution in [1.82, 2.24) is 15.0 Å². The van der Waals surface area contributed by atoms with Gasteiger partial charge in [0, 0.05) is 19.6 Å². The van der Waals surface area contributed by atoms with Gasteiger partial charge in [-0.2, -0.15) is 15.0 Å². The molecular weight excluding hydrogens is 240 g/mol. The van der Waals surface area contributed by atoms with Crippen molar-refractivity contribution in [2.75, 3.05) is 35.6 Å². The van der Waals surface area contributed by atoms with Gasteiger partial charge >= 0.3 is 0 Å². The Hall–Kier alpha value is -1.59. The second kappa shape index (κ2) is 4.83. The van der Waals surface area contributed by atoms with Crippen molar-refractivity contribution >= 4 is 17.8 Å². The van der Waals surface area contributed by atoms with Crippen LogP contribution in [0.2, 0.25) is 0 Å². The molecule has 104 valence electrons. The minimum Gasteiger partial charge on any atom is -0.368 e. The Kier molecular flexibility index (Phi) is 3.16. The molecular formula is C13H22N6. The predicted molar refractivity (Wildman–Crippen MR) is 76.1 cm³/mol. The van der Waals surface area contributed by atoms with Gasteiger partial charge in [0.05, 0.1) is 0 Å². The molecule has 0 aromatic carbocycles. The number of nitrogens with one attached hydrogen (secondary N) is 1. The van der Waals surface area contributed by atoms with Gasteiger partial charge in [0.25, 0.3) is 0 Å². The van der Waals surface area contributed by atoms with Crippen LogP contribution in [0.1, 0.15) is 39.0 Å². The van der Waals surface area contributed by atoms with Gasteiger partial charge in [0.1, 0.15) is 0 Å². The molecule has 0 unspecified atom stereocenters. The topological polar surface area (TPSA) is 80.0 Å². The van der Waals surface area contributed by atoms with Crippen molar-refractivity contribution < 1.29 is 0 Å². The minimum atomic E-state index is 0.306. The van der Waals surface area contributed by atoms with Gasteiger partial charge in [-0.15, -0.1) is 0 Å². The van der Waals surface area contributed by atoms with E-state index < -0.39 is 0 Å². The molecule has 3 rings (SSSR count). The van der Waals surface area contributed by atoms with Crippen molar-refractivity contribution in [3.05, 3.63) is 0 Å². The highest BCUT2D eigenvalue weighted by atomic mass is 15.3. The normalized spacial score (nSPS) is 20.6. The Morgan fingerprint density at radius 3 is 2.58 bits per heavy atom. The number of rotatable bonds is 5. The predicted octanol–water partition coefficient (Wildman–Crippen LogP) is 1.66. The molecule has 0 radical (unpaired) electrons. The number of hydrogen-bond donors (Lipinski definition) is 2. The quantitative estimate of drug-likeness (QED) is 0.840. The average molecular weight is 262 g/mol. The second-order valence-electron chi connectivity index (χ2n) is 5.72. The highest BCUT2D eigenvalue weighted by Crippen LogP contribution is 2.48. The molecule has 1 saturated carbocycles. The molecule has 2 fully saturated rings. The summed E-state index contributed by atoms with van der Waals surface area (Å²) < 4.78 is 0. The molecule has 6 nitrogen and oxygen atoms in total. The number of nitrogen functional groups attached to an aromatic ring is 1. The molecule has 1 aliphatic carbocycles. The molecule has 6 heteroatoms. The number of hydrogen-bond acceptors (Lipinski definition) is 6. The van der Waals surface area contributed by atoms with E-state index in [1.807, 2.05) is 0 Å². The summed E-state index contributed by atoms with van der Waals surface area (Å²) in [6, 6.07) is 0. The highest BCUT2D eigenvalue weighted by Gasteiger charge is 2.40. The van der Waals surface area contributed by atoms with E-state index in [2.05, 4.69) is 32.1 Å². The second-order valence-corrected chi connectivity index (χ2v) is 5.72. The largest absolute Gasteiger partial charge is 0.368 e. The van der Waals surface area contributed by atoms with E-state index in [-0.39, 0.29) is 0 Å². The molecule has 0 amide bonds. The first kappa shape index (κ1) is 12.4. The van der Waals surface area contributed by atoms with Crippen LogP contribution >= 0.6 is 0 Å². The molecule has 0 bridgehead atoms. The van der Waals surface area contributed by atoms with E-state index >= 15 is 0 Å². The lowest BCUT2D eigenvalue weighted by Crippen LogP contribution is -2.23. The Bertz CT molecular complexity index is 450. The maximum atomic E-state index is 5.79. The lowest BCUT2D eigenvalue weighted by atomic mass is 10.0. The molecule has 1 aromatic heterocycles. The molecule has 2 heterocycles. The van der Waals surface area contributed by atoms with Crippen molar-refractivity contribution in [1.29, 1.82) is 0 Å². The van der Waals surface area contributed by atoms with E-state index in [0.29, 0.717) is 23.3 Å². The van der Waals surface area contributed by atoms with Crippen LogP contribution in [-0.2, 0) is 0 Å². The summed E-state index contributed by atoms with van der Waals surface area (Å²) in [5.41, 5.74) is 6.25. The zero-order valence-corrected chi connectivity index (χ0v) is 11.5. The summed E-state index contributed by atoms with van der Waals surface area (Å²) in [6.07, 6.45) is 6.21. The van der Waals surface area contributed by atoms with Gasteiger partial charge in [-0.25, -0.2) is 0 Å². The third kappa shape index (κ3) is 2.72. The molecule has 19 heavy (non-hydrogen) atoms. The van der Waals surface area contributed by atoms with Crippen LogP contribution in [0.25, 0.3) is 0 Å². The fourth-order valence-corrected chi connectivity index (χ4v) is 2.62. The van der Waals surface area contributed by atoms with Crippen LogP contribution in [0.4, 0.5) is 17.8 Å². The van der Waals surface area contributed by atoms with Crippen LogP contribution in [0, 0.1) is 5.41 Å². The van der Waals surface area contributed by atoms with E-state index in [9.17, 15) is 0 Å². The number of nitrogens with zero attached hydrogens (tertiary/aromatic N) is 4. The zero-order valence-electron chi connectivity index (χ0n) is 11.5. The molecule has 0 atom stereocenters. The Morgan fingerprint density at radius 1 is 1.21 bits per heavy atom. The summed E-state index contributed by atoms with van der Waals surface area (Å²) >= 11 is 0. The summed E-state index contributed by atoms with van der Waals surface area (Å²) in [5, 5.41) is 3.33. The van der Waals surface area contributed by atoms with E-state index in [1.54, 1.807) is 0 Å². The van der Waals surface area contributed by atoms with Crippen LogP contribution in [0.3, 0.4) is 0 Å². The monoisotopic (exact) mass is 262 g/mol. The smallest absolute Gasteiger partial charge is 0.231 e. The Balaban J connectivity index is 1.70. The van der Waals surface area contributed by atoms with Crippen LogP contribution in [0.15, 0.2) is 0 Å². The third-order valence-corrected chi connectivity index (χ3v) is 4.36. The van der Waals surface area contributed by atoms with E-state index in [1.165, 1.54) is 32.1 Å². The van der Waals surface area contributed by atoms with Crippen molar-refractivity contribution in [2.24, 2.45) is 5.41 Å². The third-order valence-electron chi connectivity index (χ3n) is 4.36. The summed E-state index contributed by atoms with van der Waals surface area (Å²) in [5.74, 6) is 1.64. The Morgan fingerprint density at radius 2 is 1.95 bits per heavy atom. The average Bonchev–Trinajstić information content (AvgIpc) is 2.98. The fourth-order valence-electron chi connectivity index (χ4n) is 2.62. The molecule has 1 aromatic rings. The number of anilines is 3. The summed E-state index contributed by atoms with van der Waals surface area (Å²) in [6.45, 7) is 5.21. The minimum absolute atomic E-state index is 0.306. The maximum absolute atomic E-state index is 5.79. The molecule has 1 saturated heterocycles. The number of aromatic nitrogens is 3. The Labute approximate surface area is 113 Å². The van der Waals surface area contributed by atoms with Crippen LogP contribution in [-0.4, -0.2) is 34.6 Å². The van der Waals surface area contributed by atoms with Crippen LogP contribution in [0.5, 0.6) is 0 Å². The summed E-state index contributed by atoms with van der Waals surface area (Å²) in [4.78, 5) is 15.1. The fraction of sp³-hybridized carbons (Fsp3) is 0.769. The molecule has 0 spiro atoms. The first-order valence-electron chi connectivity index (χ1n) is 7.21. The summed E-state index contributed by atoms with van der Waals surface area (Å²) in [7, 11) is 0. The lowest BCUT2D eigenvalue weighted by Gasteiger charge is -2.17. The molecule has 1 aliphatic heterocycles. The molecule has 2 aliphatic rings. The lowest BCUT2D eigenvalue weighted by molar-refractivity contribution is 0.519. The van der Waals surface area contributed by atoms with Gasteiger partial charge in [0.2, 0.25) is 17.8 Å². The van der Waals surface area contributed by atoms with Gasteiger partial charge in [0.15, 0.2) is 0 Å². The van der Waals surface area contributed by atoms with E-state index in [0.717, 1.165) is 19.6 Å².